The summed E-state index contributed by atoms with van der Waals surface area (Å²) in [6, 6.07) is 14.1. The van der Waals surface area contributed by atoms with Crippen LogP contribution in [-0.2, 0) is 16.8 Å². The molecule has 0 saturated heterocycles. The average molecular weight is 369 g/mol. The summed E-state index contributed by atoms with van der Waals surface area (Å²) in [6.45, 7) is 0. The first-order chi connectivity index (χ1) is 12.5. The molecule has 134 valence electrons. The minimum absolute atomic E-state index is 0.0151. The van der Waals surface area contributed by atoms with Crippen LogP contribution in [0.15, 0.2) is 54.7 Å². The van der Waals surface area contributed by atoms with Crippen molar-refractivity contribution in [3.63, 3.8) is 0 Å². The zero-order chi connectivity index (χ0) is 18.7. The van der Waals surface area contributed by atoms with Gasteiger partial charge in [0.2, 0.25) is 0 Å². The molecule has 1 unspecified atom stereocenters. The predicted octanol–water partition coefficient (Wildman–Crippen LogP) is 3.09. The summed E-state index contributed by atoms with van der Waals surface area (Å²) in [7, 11) is 1.48. The lowest BCUT2D eigenvalue weighted by Crippen LogP contribution is -1.96. The first kappa shape index (κ1) is 17.9. The lowest BCUT2D eigenvalue weighted by molar-refractivity contribution is 0.373. The van der Waals surface area contributed by atoms with Gasteiger partial charge in [0.15, 0.2) is 11.5 Å². The Morgan fingerprint density at radius 1 is 1.12 bits per heavy atom. The summed E-state index contributed by atoms with van der Waals surface area (Å²) in [6.07, 6.45) is 1.66. The molecule has 0 aliphatic rings. The van der Waals surface area contributed by atoms with Crippen molar-refractivity contribution in [2.24, 2.45) is 0 Å². The monoisotopic (exact) mass is 369 g/mol. The highest BCUT2D eigenvalue weighted by molar-refractivity contribution is 7.78. The molecule has 6 nitrogen and oxygen atoms in total. The number of hydrogen-bond donors (Lipinski definition) is 2. The number of ether oxygens (including phenoxy) is 1. The fourth-order valence-corrected chi connectivity index (χ4v) is 3.10. The van der Waals surface area contributed by atoms with Crippen LogP contribution in [0.1, 0.15) is 5.56 Å². The summed E-state index contributed by atoms with van der Waals surface area (Å²) >= 11 is -2.12. The van der Waals surface area contributed by atoms with Crippen LogP contribution in [0.25, 0.3) is 22.3 Å². The molecule has 1 atom stereocenters. The number of phenolic OH excluding ortho intramolecular Hbond substituents is 1. The Bertz CT molecular complexity index is 958. The van der Waals surface area contributed by atoms with E-state index in [2.05, 4.69) is 4.98 Å². The van der Waals surface area contributed by atoms with E-state index in [0.717, 1.165) is 16.7 Å². The van der Waals surface area contributed by atoms with E-state index in [1.165, 1.54) is 13.2 Å². The summed E-state index contributed by atoms with van der Waals surface area (Å²) in [5, 5.41) is 9.76. The number of aromatic hydroxyl groups is 1. The number of aromatic nitrogens is 1. The van der Waals surface area contributed by atoms with E-state index in [-0.39, 0.29) is 11.5 Å². The maximum Gasteiger partial charge on any atom is 0.161 e. The van der Waals surface area contributed by atoms with Crippen molar-refractivity contribution >= 4 is 16.9 Å². The van der Waals surface area contributed by atoms with Gasteiger partial charge in [-0.05, 0) is 34.9 Å². The number of pyridine rings is 1. The fraction of sp³-hybridized carbons (Fsp3) is 0.105. The lowest BCUT2D eigenvalue weighted by Gasteiger charge is -2.11. The van der Waals surface area contributed by atoms with Crippen LogP contribution < -0.4 is 10.5 Å². The van der Waals surface area contributed by atoms with Crippen molar-refractivity contribution in [1.82, 2.24) is 4.98 Å². The zero-order valence-corrected chi connectivity index (χ0v) is 14.8. The molecule has 3 aromatic rings. The number of nitrogens with two attached hydrogens (primary N) is 1. The smallest absolute Gasteiger partial charge is 0.161 e. The van der Waals surface area contributed by atoms with Crippen LogP contribution in [-0.4, -0.2) is 26.0 Å². The Kier molecular flexibility index (Phi) is 5.20. The molecule has 7 heteroatoms. The molecular weight excluding hydrogens is 352 g/mol. The molecule has 2 aromatic carbocycles. The second-order valence-corrected chi connectivity index (χ2v) is 6.58. The molecule has 0 amide bonds. The topological polar surface area (TPSA) is 108 Å². The molecule has 3 rings (SSSR count). The van der Waals surface area contributed by atoms with E-state index in [1.807, 2.05) is 18.2 Å². The molecular formula is C19H17N2O4S-. The number of nitrogen functional groups attached to an aromatic ring is 1. The summed E-state index contributed by atoms with van der Waals surface area (Å²) in [5.41, 5.74) is 9.96. The summed E-state index contributed by atoms with van der Waals surface area (Å²) < 4.78 is 26.7. The van der Waals surface area contributed by atoms with Crippen molar-refractivity contribution in [3.8, 4) is 33.8 Å². The van der Waals surface area contributed by atoms with Gasteiger partial charge in [0.25, 0.3) is 0 Å². The van der Waals surface area contributed by atoms with Crippen LogP contribution in [0, 0.1) is 0 Å². The third-order valence-electron chi connectivity index (χ3n) is 3.98. The first-order valence-corrected chi connectivity index (χ1v) is 9.00. The number of phenols is 1. The Morgan fingerprint density at radius 3 is 2.46 bits per heavy atom. The van der Waals surface area contributed by atoms with Crippen molar-refractivity contribution in [2.75, 3.05) is 12.8 Å². The second-order valence-electron chi connectivity index (χ2n) is 5.69. The highest BCUT2D eigenvalue weighted by Gasteiger charge is 2.10. The average Bonchev–Trinajstić information content (AvgIpc) is 2.63. The van der Waals surface area contributed by atoms with Gasteiger partial charge in [-0.3, -0.25) is 4.21 Å². The third-order valence-corrected chi connectivity index (χ3v) is 4.55. The van der Waals surface area contributed by atoms with Crippen molar-refractivity contribution in [2.45, 2.75) is 5.75 Å². The van der Waals surface area contributed by atoms with Gasteiger partial charge in [0.05, 0.1) is 7.11 Å². The Hall–Kier alpha value is -2.90. The number of hydrogen-bond acceptors (Lipinski definition) is 6. The van der Waals surface area contributed by atoms with Gasteiger partial charge in [-0.1, -0.05) is 41.4 Å². The Balaban J connectivity index is 1.99. The lowest BCUT2D eigenvalue weighted by atomic mass is 10.00. The minimum atomic E-state index is -2.12. The van der Waals surface area contributed by atoms with Gasteiger partial charge >= 0.3 is 0 Å². The molecule has 0 saturated carbocycles. The van der Waals surface area contributed by atoms with Crippen molar-refractivity contribution < 1.29 is 18.6 Å². The highest BCUT2D eigenvalue weighted by atomic mass is 32.2. The molecule has 0 spiro atoms. The molecule has 0 bridgehead atoms. The minimum Gasteiger partial charge on any atom is -0.772 e. The zero-order valence-electron chi connectivity index (χ0n) is 14.0. The Labute approximate surface area is 153 Å². The number of anilines is 1. The molecule has 3 N–H and O–H groups in total. The van der Waals surface area contributed by atoms with E-state index < -0.39 is 11.1 Å². The largest absolute Gasteiger partial charge is 0.772 e. The van der Waals surface area contributed by atoms with E-state index in [0.29, 0.717) is 22.7 Å². The van der Waals surface area contributed by atoms with Gasteiger partial charge in [0.1, 0.15) is 5.82 Å². The Morgan fingerprint density at radius 2 is 1.81 bits per heavy atom. The molecule has 0 aliphatic heterocycles. The van der Waals surface area contributed by atoms with Crippen LogP contribution in [0.3, 0.4) is 0 Å². The maximum absolute atomic E-state index is 10.8. The van der Waals surface area contributed by atoms with E-state index in [1.54, 1.807) is 30.5 Å². The van der Waals surface area contributed by atoms with Gasteiger partial charge in [-0.25, -0.2) is 4.98 Å². The summed E-state index contributed by atoms with van der Waals surface area (Å²) in [5.74, 6) is 0.742. The van der Waals surface area contributed by atoms with Crippen LogP contribution in [0.5, 0.6) is 11.5 Å². The fourth-order valence-electron chi connectivity index (χ4n) is 2.64. The van der Waals surface area contributed by atoms with Gasteiger partial charge in [-0.15, -0.1) is 0 Å². The SMILES string of the molecule is COc1cc(-c2cc(-c3ccc(CS(=O)[O-])cc3)cnc2N)ccc1O. The van der Waals surface area contributed by atoms with Gasteiger partial charge < -0.3 is 20.1 Å². The summed E-state index contributed by atoms with van der Waals surface area (Å²) in [4.78, 5) is 4.26. The number of benzene rings is 2. The molecule has 0 fully saturated rings. The second kappa shape index (κ2) is 7.55. The standard InChI is InChI=1S/C19H18N2O4S/c1-25-18-9-14(6-7-17(18)22)16-8-15(10-21-19(16)20)13-4-2-12(3-5-13)11-26(23)24/h2-10,22H,11H2,1H3,(H2,20,21)(H,23,24)/p-1. The number of nitrogens with zero attached hydrogens (tertiary/aromatic N) is 1. The normalized spacial score (nSPS) is 11.9. The predicted molar refractivity (Wildman–Crippen MR) is 100 cm³/mol. The molecule has 1 aromatic heterocycles. The first-order valence-electron chi connectivity index (χ1n) is 7.76. The van der Waals surface area contributed by atoms with E-state index in [9.17, 15) is 13.9 Å². The number of methoxy groups -OCH3 is 1. The molecule has 1 heterocycles. The molecule has 0 radical (unpaired) electrons. The van der Waals surface area contributed by atoms with Crippen molar-refractivity contribution in [3.05, 3.63) is 60.3 Å². The maximum atomic E-state index is 10.8. The highest BCUT2D eigenvalue weighted by Crippen LogP contribution is 2.35. The van der Waals surface area contributed by atoms with Gasteiger partial charge in [0, 0.05) is 23.1 Å². The number of rotatable bonds is 5. The van der Waals surface area contributed by atoms with Gasteiger partial charge in [-0.2, -0.15) is 0 Å². The van der Waals surface area contributed by atoms with Crippen LogP contribution in [0.2, 0.25) is 0 Å². The molecule has 26 heavy (non-hydrogen) atoms. The molecule has 0 aliphatic carbocycles. The quantitative estimate of drug-likeness (QED) is 0.669. The van der Waals surface area contributed by atoms with E-state index >= 15 is 0 Å². The third kappa shape index (κ3) is 3.84. The van der Waals surface area contributed by atoms with Crippen LogP contribution >= 0.6 is 0 Å². The van der Waals surface area contributed by atoms with Crippen LogP contribution in [0.4, 0.5) is 5.82 Å². The van der Waals surface area contributed by atoms with Crippen molar-refractivity contribution in [1.29, 1.82) is 0 Å². The van der Waals surface area contributed by atoms with E-state index in [4.69, 9.17) is 10.5 Å².